The number of amides is 2. The minimum atomic E-state index is -1.23. The zero-order valence-electron chi connectivity index (χ0n) is 32.4. The molecule has 0 aliphatic carbocycles. The van der Waals surface area contributed by atoms with Crippen molar-refractivity contribution >= 4 is 58.4 Å². The summed E-state index contributed by atoms with van der Waals surface area (Å²) in [5.41, 5.74) is 3.44. The molecule has 1 aromatic heterocycles. The number of thiazole rings is 1. The van der Waals surface area contributed by atoms with Crippen molar-refractivity contribution in [3.8, 4) is 0 Å². The summed E-state index contributed by atoms with van der Waals surface area (Å²) < 4.78 is 30.6. The van der Waals surface area contributed by atoms with Gasteiger partial charge in [-0.05, 0) is 23.6 Å². The number of nitrogens with one attached hydrogen (secondary N) is 2. The summed E-state index contributed by atoms with van der Waals surface area (Å²) >= 11 is 2.77. The van der Waals surface area contributed by atoms with Gasteiger partial charge in [0.15, 0.2) is 18.5 Å². The van der Waals surface area contributed by atoms with Gasteiger partial charge in [0.2, 0.25) is 5.88 Å². The lowest BCUT2D eigenvalue weighted by molar-refractivity contribution is -0.158. The Balaban J connectivity index is 1.07. The van der Waals surface area contributed by atoms with E-state index in [1.54, 1.807) is 0 Å². The number of carbonyl (C=O) groups is 4. The summed E-state index contributed by atoms with van der Waals surface area (Å²) in [6, 6.07) is 29.6. The number of hydrogen-bond acceptors (Lipinski definition) is 16. The van der Waals surface area contributed by atoms with Crippen LogP contribution in [0.25, 0.3) is 0 Å². The van der Waals surface area contributed by atoms with Crippen LogP contribution in [0.1, 0.15) is 35.4 Å². The molecule has 0 saturated carbocycles. The molecular weight excluding hydrogens is 803 g/mol. The highest BCUT2D eigenvalue weighted by Crippen LogP contribution is 2.42. The zero-order valence-corrected chi connectivity index (χ0v) is 34.1. The standard InChI is InChI=1S/C41H43N5O11S2/c1-4-53-32(31-25-59-39(43-31)45-41(28-14-8-5-9-15-28,29-16-10-6-11-17-29)30-18-12-7-13-19-30)22-56-42-20-33(47)44-35-36(49)46-37(27(21-51-2)24-58-38(35)46)57-40(50)54-23-34(48)55-26-52-3/h5-20,25,32,35,38H,4,21-24,26H2,1-3H3,(H,43,45)(H,44,47)/b42-20-/t32?,35?,38-/m0/s1. The highest BCUT2D eigenvalue weighted by molar-refractivity contribution is 8.00. The molecule has 59 heavy (non-hydrogen) atoms. The van der Waals surface area contributed by atoms with Crippen molar-refractivity contribution in [2.75, 3.05) is 58.5 Å². The van der Waals surface area contributed by atoms with E-state index in [1.807, 2.05) is 66.9 Å². The van der Waals surface area contributed by atoms with Gasteiger partial charge < -0.3 is 43.9 Å². The van der Waals surface area contributed by atoms with Crippen LogP contribution >= 0.6 is 23.1 Å². The lowest BCUT2D eigenvalue weighted by Crippen LogP contribution is -2.70. The third-order valence-corrected chi connectivity index (χ3v) is 11.2. The van der Waals surface area contributed by atoms with Crippen LogP contribution in [-0.4, -0.2) is 105 Å². The molecule has 0 spiro atoms. The van der Waals surface area contributed by atoms with Gasteiger partial charge in [-0.1, -0.05) is 96.2 Å². The van der Waals surface area contributed by atoms with Crippen molar-refractivity contribution in [1.82, 2.24) is 15.2 Å². The maximum absolute atomic E-state index is 13.2. The van der Waals surface area contributed by atoms with Crippen molar-refractivity contribution in [1.29, 1.82) is 0 Å². The fraction of sp³-hybridized carbons (Fsp3) is 0.317. The van der Waals surface area contributed by atoms with Gasteiger partial charge in [-0.15, -0.1) is 23.1 Å². The van der Waals surface area contributed by atoms with E-state index in [1.165, 1.54) is 42.2 Å². The monoisotopic (exact) mass is 845 g/mol. The van der Waals surface area contributed by atoms with Crippen molar-refractivity contribution in [2.45, 2.75) is 30.0 Å². The molecule has 3 heterocycles. The number of ether oxygens (including phenoxy) is 6. The highest BCUT2D eigenvalue weighted by atomic mass is 32.2. The molecule has 1 fully saturated rings. The van der Waals surface area contributed by atoms with Gasteiger partial charge in [0.25, 0.3) is 11.8 Å². The molecule has 6 rings (SSSR count). The van der Waals surface area contributed by atoms with Crippen LogP contribution in [0.2, 0.25) is 0 Å². The third-order valence-electron chi connectivity index (χ3n) is 9.04. The van der Waals surface area contributed by atoms with E-state index in [9.17, 15) is 19.2 Å². The van der Waals surface area contributed by atoms with Gasteiger partial charge in [-0.2, -0.15) is 0 Å². The fourth-order valence-electron chi connectivity index (χ4n) is 6.43. The number of nitrogens with zero attached hydrogens (tertiary/aromatic N) is 3. The number of oxime groups is 1. The Hall–Kier alpha value is -5.79. The molecule has 310 valence electrons. The number of esters is 1. The maximum atomic E-state index is 13.2. The number of carbonyl (C=O) groups excluding carboxylic acids is 4. The normalized spacial score (nSPS) is 16.8. The Kier molecular flexibility index (Phi) is 15.1. The molecule has 2 aliphatic rings. The van der Waals surface area contributed by atoms with E-state index in [2.05, 4.69) is 61.7 Å². The summed E-state index contributed by atoms with van der Waals surface area (Å²) in [5, 5.41) is 12.2. The molecule has 0 radical (unpaired) electrons. The predicted octanol–water partition coefficient (Wildman–Crippen LogP) is 5.19. The Bertz CT molecular complexity index is 2010. The van der Waals surface area contributed by atoms with Gasteiger partial charge in [0.1, 0.15) is 35.9 Å². The number of anilines is 1. The molecular formula is C41H43N5O11S2. The number of aromatic nitrogens is 1. The topological polar surface area (TPSA) is 185 Å². The van der Waals surface area contributed by atoms with Crippen molar-refractivity contribution in [3.63, 3.8) is 0 Å². The van der Waals surface area contributed by atoms with Gasteiger partial charge in [-0.25, -0.2) is 14.6 Å². The van der Waals surface area contributed by atoms with E-state index in [0.717, 1.165) is 22.9 Å². The zero-order chi connectivity index (χ0) is 41.6. The quantitative estimate of drug-likeness (QED) is 0.0296. The Labute approximate surface area is 348 Å². The summed E-state index contributed by atoms with van der Waals surface area (Å²) in [6.45, 7) is 1.19. The summed E-state index contributed by atoms with van der Waals surface area (Å²) in [5.74, 6) is -1.85. The molecule has 2 amide bonds. The molecule has 4 aromatic rings. The number of thioether (sulfide) groups is 1. The second kappa shape index (κ2) is 20.8. The minimum absolute atomic E-state index is 0.0510. The number of benzene rings is 3. The molecule has 16 nitrogen and oxygen atoms in total. The fourth-order valence-corrected chi connectivity index (χ4v) is 8.54. The summed E-state index contributed by atoms with van der Waals surface area (Å²) in [6.07, 6.45) is -0.910. The van der Waals surface area contributed by atoms with Gasteiger partial charge in [-0.3, -0.25) is 14.5 Å². The molecule has 1 saturated heterocycles. The molecule has 2 N–H and O–H groups in total. The van der Waals surface area contributed by atoms with Crippen LogP contribution < -0.4 is 10.6 Å². The smallest absolute Gasteiger partial charge is 0.436 e. The van der Waals surface area contributed by atoms with Gasteiger partial charge in [0.05, 0.1) is 12.3 Å². The lowest BCUT2D eigenvalue weighted by Gasteiger charge is -2.49. The van der Waals surface area contributed by atoms with Crippen molar-refractivity contribution in [2.24, 2.45) is 5.16 Å². The first kappa shape index (κ1) is 42.8. The first-order valence-electron chi connectivity index (χ1n) is 18.4. The van der Waals surface area contributed by atoms with E-state index in [0.29, 0.717) is 28.8 Å². The average molecular weight is 846 g/mol. The SMILES string of the molecule is CCOC(CO/N=C\C(=O)NC1C(=O)N2C(OC(=O)OCC(=O)OCOC)=C(COC)CS[C@@H]12)c1csc(NC(c2ccccc2)(c2ccccc2)c2ccccc2)n1. The Morgan fingerprint density at radius 3 is 2.19 bits per heavy atom. The predicted molar refractivity (Wildman–Crippen MR) is 218 cm³/mol. The third kappa shape index (κ3) is 10.3. The van der Waals surface area contributed by atoms with Crippen LogP contribution in [0.5, 0.6) is 0 Å². The molecule has 2 aliphatic heterocycles. The Morgan fingerprint density at radius 2 is 1.59 bits per heavy atom. The second-order valence-electron chi connectivity index (χ2n) is 12.8. The van der Waals surface area contributed by atoms with Crippen molar-refractivity contribution in [3.05, 3.63) is 130 Å². The number of rotatable bonds is 20. The van der Waals surface area contributed by atoms with E-state index in [-0.39, 0.29) is 25.9 Å². The minimum Gasteiger partial charge on any atom is -0.436 e. The average Bonchev–Trinajstić information content (AvgIpc) is 3.74. The Morgan fingerprint density at radius 1 is 0.949 bits per heavy atom. The summed E-state index contributed by atoms with van der Waals surface area (Å²) in [4.78, 5) is 61.9. The second-order valence-corrected chi connectivity index (χ2v) is 14.8. The van der Waals surface area contributed by atoms with Crippen LogP contribution in [0.15, 0.2) is 113 Å². The van der Waals surface area contributed by atoms with Crippen LogP contribution in [0.3, 0.4) is 0 Å². The van der Waals surface area contributed by atoms with Gasteiger partial charge in [0, 0.05) is 37.5 Å². The number of β-lactam (4-membered cyclic amide) rings is 1. The van der Waals surface area contributed by atoms with Crippen LogP contribution in [-0.2, 0) is 53.2 Å². The number of hydrogen-bond donors (Lipinski definition) is 2. The first-order chi connectivity index (χ1) is 28.8. The number of methoxy groups -OCH3 is 2. The van der Waals surface area contributed by atoms with E-state index >= 15 is 0 Å². The highest BCUT2D eigenvalue weighted by Gasteiger charge is 2.54. The van der Waals surface area contributed by atoms with Crippen LogP contribution in [0, 0.1) is 0 Å². The van der Waals surface area contributed by atoms with E-state index < -0.39 is 53.6 Å². The molecule has 18 heteroatoms. The van der Waals surface area contributed by atoms with Gasteiger partial charge >= 0.3 is 12.1 Å². The molecule has 3 aromatic carbocycles. The first-order valence-corrected chi connectivity index (χ1v) is 20.3. The maximum Gasteiger partial charge on any atom is 0.515 e. The van der Waals surface area contributed by atoms with E-state index in [4.69, 9.17) is 28.8 Å². The number of fused-ring (bicyclic) bond motifs is 1. The molecule has 2 unspecified atom stereocenters. The summed E-state index contributed by atoms with van der Waals surface area (Å²) in [7, 11) is 2.78. The van der Waals surface area contributed by atoms with Crippen molar-refractivity contribution < 1.29 is 52.4 Å². The van der Waals surface area contributed by atoms with Crippen LogP contribution in [0.4, 0.5) is 9.93 Å². The lowest BCUT2D eigenvalue weighted by atomic mass is 9.77. The molecule has 3 atom stereocenters. The largest absolute Gasteiger partial charge is 0.515 e. The molecule has 0 bridgehead atoms.